The predicted molar refractivity (Wildman–Crippen MR) is 127 cm³/mol. The monoisotopic (exact) mass is 465 g/mol. The second-order valence-electron chi connectivity index (χ2n) is 7.27. The Hall–Kier alpha value is -1.39. The number of halogens is 2. The number of ether oxygens (including phenoxy) is 1. The lowest BCUT2D eigenvalue weighted by atomic mass is 10.2. The third-order valence-electron chi connectivity index (χ3n) is 4.98. The number of morpholine rings is 1. The molecule has 0 aromatic heterocycles. The summed E-state index contributed by atoms with van der Waals surface area (Å²) in [4.78, 5) is 1.52. The van der Waals surface area contributed by atoms with Gasteiger partial charge in [0.2, 0.25) is 0 Å². The summed E-state index contributed by atoms with van der Waals surface area (Å²) >= 11 is 13.0. The molecule has 0 saturated carbocycles. The van der Waals surface area contributed by atoms with E-state index in [0.717, 1.165) is 50.4 Å². The molecule has 0 unspecified atom stereocenters. The number of benzene rings is 2. The van der Waals surface area contributed by atoms with E-state index in [9.17, 15) is 4.57 Å². The number of hydrogen-bond acceptors (Lipinski definition) is 2. The van der Waals surface area contributed by atoms with E-state index in [-0.39, 0.29) is 0 Å². The Morgan fingerprint density at radius 2 is 1.43 bits per heavy atom. The Bertz CT molecular complexity index is 838. The van der Waals surface area contributed by atoms with Crippen LogP contribution in [0.5, 0.6) is 0 Å². The van der Waals surface area contributed by atoms with E-state index < -0.39 is 7.29 Å². The second kappa shape index (κ2) is 11.9. The molecule has 0 amide bonds. The van der Waals surface area contributed by atoms with Gasteiger partial charge in [-0.05, 0) is 11.1 Å². The van der Waals surface area contributed by atoms with Gasteiger partial charge in [0, 0.05) is 24.6 Å². The molecule has 1 saturated heterocycles. The maximum Gasteiger partial charge on any atom is 0.193 e. The molecule has 30 heavy (non-hydrogen) atoms. The number of nitrogens with one attached hydrogen (secondary N) is 2. The Morgan fingerprint density at radius 3 is 1.93 bits per heavy atom. The maximum absolute atomic E-state index is 13.8. The SMILES string of the molecule is O=P(/C=C(\Cl)c1ccccc1)(/C=C(\Cl)c1ccccc1)NCCC[NH+]1CCOCC1. The van der Waals surface area contributed by atoms with Gasteiger partial charge in [0.15, 0.2) is 7.29 Å². The van der Waals surface area contributed by atoms with Gasteiger partial charge in [-0.1, -0.05) is 83.9 Å². The molecule has 4 nitrogen and oxygen atoms in total. The van der Waals surface area contributed by atoms with Gasteiger partial charge in [-0.2, -0.15) is 0 Å². The quantitative estimate of drug-likeness (QED) is 0.418. The lowest BCUT2D eigenvalue weighted by Gasteiger charge is -2.24. The molecule has 0 bridgehead atoms. The van der Waals surface area contributed by atoms with Crippen LogP contribution < -0.4 is 9.99 Å². The van der Waals surface area contributed by atoms with Crippen molar-refractivity contribution in [2.45, 2.75) is 6.42 Å². The van der Waals surface area contributed by atoms with Crippen molar-refractivity contribution in [1.29, 1.82) is 0 Å². The molecule has 2 aromatic carbocycles. The van der Waals surface area contributed by atoms with Gasteiger partial charge in [-0.3, -0.25) is 9.65 Å². The van der Waals surface area contributed by atoms with Crippen LogP contribution in [0.1, 0.15) is 17.5 Å². The largest absolute Gasteiger partial charge is 0.370 e. The van der Waals surface area contributed by atoms with E-state index >= 15 is 0 Å². The summed E-state index contributed by atoms with van der Waals surface area (Å²) in [6, 6.07) is 19.0. The molecular formula is C23H28Cl2N2O2P+. The maximum atomic E-state index is 13.8. The number of quaternary nitrogens is 1. The fourth-order valence-corrected chi connectivity index (χ4v) is 6.17. The number of hydrogen-bond donors (Lipinski definition) is 2. The van der Waals surface area contributed by atoms with Crippen LogP contribution in [0.4, 0.5) is 0 Å². The van der Waals surface area contributed by atoms with Gasteiger partial charge in [0.25, 0.3) is 0 Å². The van der Waals surface area contributed by atoms with Crippen LogP contribution in [0.15, 0.2) is 72.3 Å². The second-order valence-corrected chi connectivity index (χ2v) is 10.3. The molecule has 1 heterocycles. The highest BCUT2D eigenvalue weighted by Crippen LogP contribution is 2.50. The van der Waals surface area contributed by atoms with Crippen molar-refractivity contribution in [2.75, 3.05) is 39.4 Å². The Balaban J connectivity index is 1.74. The van der Waals surface area contributed by atoms with Crippen LogP contribution >= 0.6 is 30.5 Å². The van der Waals surface area contributed by atoms with E-state index in [1.807, 2.05) is 60.7 Å². The topological polar surface area (TPSA) is 42.8 Å². The summed E-state index contributed by atoms with van der Waals surface area (Å²) in [5, 5.41) is 4.11. The minimum Gasteiger partial charge on any atom is -0.370 e. The molecule has 1 aliphatic rings. The first-order valence-electron chi connectivity index (χ1n) is 10.2. The van der Waals surface area contributed by atoms with Crippen LogP contribution in [0.3, 0.4) is 0 Å². The van der Waals surface area contributed by atoms with Crippen molar-refractivity contribution in [3.05, 3.63) is 83.4 Å². The molecule has 0 radical (unpaired) electrons. The minimum absolute atomic E-state index is 0.444. The molecule has 0 atom stereocenters. The zero-order valence-corrected chi connectivity index (χ0v) is 19.3. The molecule has 1 fully saturated rings. The Morgan fingerprint density at radius 1 is 0.933 bits per heavy atom. The van der Waals surface area contributed by atoms with E-state index in [1.165, 1.54) is 4.90 Å². The highest BCUT2D eigenvalue weighted by Gasteiger charge is 2.20. The summed E-state index contributed by atoms with van der Waals surface area (Å²) in [6.45, 7) is 5.31. The smallest absolute Gasteiger partial charge is 0.193 e. The molecule has 1 aliphatic heterocycles. The first kappa shape index (κ1) is 23.3. The van der Waals surface area contributed by atoms with Crippen molar-refractivity contribution in [3.8, 4) is 0 Å². The van der Waals surface area contributed by atoms with Gasteiger partial charge in [-0.15, -0.1) is 0 Å². The highest BCUT2D eigenvalue weighted by atomic mass is 35.5. The third kappa shape index (κ3) is 7.39. The molecule has 0 aliphatic carbocycles. The molecule has 2 aromatic rings. The van der Waals surface area contributed by atoms with Crippen LogP contribution in [0.25, 0.3) is 10.1 Å². The van der Waals surface area contributed by atoms with E-state index in [2.05, 4.69) is 5.09 Å². The average Bonchev–Trinajstić information content (AvgIpc) is 2.78. The van der Waals surface area contributed by atoms with E-state index in [4.69, 9.17) is 27.9 Å². The first-order valence-corrected chi connectivity index (χ1v) is 12.8. The predicted octanol–water partition coefficient (Wildman–Crippen LogP) is 4.63. The standard InChI is InChI=1S/C23H27Cl2N2O2P/c24-22(20-8-3-1-4-9-20)18-30(28,19-23(25)21-10-5-2-6-11-21)26-12-7-13-27-14-16-29-17-15-27/h1-6,8-11,18-19H,7,12-17H2,(H,26,28)/p+1/b22-18-,23-19-. The lowest BCUT2D eigenvalue weighted by Crippen LogP contribution is -3.14. The fourth-order valence-electron chi connectivity index (χ4n) is 3.31. The van der Waals surface area contributed by atoms with Crippen molar-refractivity contribution in [1.82, 2.24) is 5.09 Å². The van der Waals surface area contributed by atoms with Gasteiger partial charge in [0.05, 0.1) is 29.8 Å². The zero-order chi connectivity index (χ0) is 21.2. The first-order chi connectivity index (χ1) is 14.6. The summed E-state index contributed by atoms with van der Waals surface area (Å²) in [5.74, 6) is 3.22. The Kier molecular flexibility index (Phi) is 9.20. The van der Waals surface area contributed by atoms with Crippen LogP contribution in [0, 0.1) is 0 Å². The van der Waals surface area contributed by atoms with Crippen LogP contribution in [0.2, 0.25) is 0 Å². The molecule has 3 rings (SSSR count). The van der Waals surface area contributed by atoms with Crippen LogP contribution in [-0.2, 0) is 9.30 Å². The van der Waals surface area contributed by atoms with Crippen LogP contribution in [-0.4, -0.2) is 39.4 Å². The molecule has 2 N–H and O–H groups in total. The molecular weight excluding hydrogens is 438 g/mol. The lowest BCUT2D eigenvalue weighted by molar-refractivity contribution is -0.908. The van der Waals surface area contributed by atoms with Crippen molar-refractivity contribution in [3.63, 3.8) is 0 Å². The van der Waals surface area contributed by atoms with Gasteiger partial charge >= 0.3 is 0 Å². The van der Waals surface area contributed by atoms with Gasteiger partial charge in [0.1, 0.15) is 13.1 Å². The molecule has 160 valence electrons. The average molecular weight is 466 g/mol. The van der Waals surface area contributed by atoms with Gasteiger partial charge < -0.3 is 9.64 Å². The highest BCUT2D eigenvalue weighted by molar-refractivity contribution is 7.68. The zero-order valence-electron chi connectivity index (χ0n) is 16.9. The summed E-state index contributed by atoms with van der Waals surface area (Å²) < 4.78 is 19.2. The number of rotatable bonds is 9. The third-order valence-corrected chi connectivity index (χ3v) is 7.94. The van der Waals surface area contributed by atoms with Crippen molar-refractivity contribution >= 4 is 40.6 Å². The van der Waals surface area contributed by atoms with Crippen molar-refractivity contribution in [2.24, 2.45) is 0 Å². The summed E-state index contributed by atoms with van der Waals surface area (Å²) in [5.41, 5.74) is 1.64. The molecule has 7 heteroatoms. The van der Waals surface area contributed by atoms with E-state index in [1.54, 1.807) is 11.6 Å². The van der Waals surface area contributed by atoms with Crippen molar-refractivity contribution < 1.29 is 14.2 Å². The Labute approximate surface area is 188 Å². The van der Waals surface area contributed by atoms with E-state index in [0.29, 0.717) is 16.6 Å². The normalized spacial score (nSPS) is 16.6. The minimum atomic E-state index is -3.10. The molecule has 0 spiro atoms. The van der Waals surface area contributed by atoms with Gasteiger partial charge in [-0.25, -0.2) is 0 Å². The summed E-state index contributed by atoms with van der Waals surface area (Å²) in [6.07, 6.45) is 0.910. The fraction of sp³-hybridized carbons (Fsp3) is 0.304. The summed E-state index contributed by atoms with van der Waals surface area (Å²) in [7, 11) is -3.10.